The number of rotatable bonds is 5. The van der Waals surface area contributed by atoms with Crippen molar-refractivity contribution >= 4 is 11.6 Å². The lowest BCUT2D eigenvalue weighted by Gasteiger charge is -2.41. The molecular weight excluding hydrogens is 236 g/mol. The van der Waals surface area contributed by atoms with E-state index in [1.54, 1.807) is 0 Å². The summed E-state index contributed by atoms with van der Waals surface area (Å²) in [6.07, 6.45) is 4.95. The molecule has 19 heavy (non-hydrogen) atoms. The van der Waals surface area contributed by atoms with Gasteiger partial charge in [0.2, 0.25) is 5.91 Å². The van der Waals surface area contributed by atoms with Crippen molar-refractivity contribution in [2.45, 2.75) is 45.4 Å². The number of hydrogen-bond acceptors (Lipinski definition) is 2. The fourth-order valence-electron chi connectivity index (χ4n) is 2.74. The predicted molar refractivity (Wildman–Crippen MR) is 78.9 cm³/mol. The molecule has 0 aliphatic heterocycles. The van der Waals surface area contributed by atoms with E-state index in [2.05, 4.69) is 12.2 Å². The van der Waals surface area contributed by atoms with E-state index in [9.17, 15) is 4.79 Å². The molecule has 1 unspecified atom stereocenters. The Morgan fingerprint density at radius 3 is 2.74 bits per heavy atom. The minimum absolute atomic E-state index is 0.102. The third-order valence-electron chi connectivity index (χ3n) is 4.61. The summed E-state index contributed by atoms with van der Waals surface area (Å²) in [5, 5.41) is 3.11. The Morgan fingerprint density at radius 1 is 1.47 bits per heavy atom. The van der Waals surface area contributed by atoms with Crippen molar-refractivity contribution < 1.29 is 4.79 Å². The molecule has 1 aromatic rings. The Hall–Kier alpha value is -1.51. The van der Waals surface area contributed by atoms with Gasteiger partial charge in [0.1, 0.15) is 0 Å². The standard InChI is InChI=1S/C16H24N2O/c1-3-16(8-5-9-16)11-18-15(19)12(2)13-6-4-7-14(17)10-13/h4,6-7,10,12H,3,5,8-9,11,17H2,1-2H3,(H,18,19). The van der Waals surface area contributed by atoms with Gasteiger partial charge in [-0.2, -0.15) is 0 Å². The van der Waals surface area contributed by atoms with Gasteiger partial charge in [0, 0.05) is 12.2 Å². The summed E-state index contributed by atoms with van der Waals surface area (Å²) >= 11 is 0. The Kier molecular flexibility index (Phi) is 4.13. The molecule has 1 fully saturated rings. The smallest absolute Gasteiger partial charge is 0.227 e. The summed E-state index contributed by atoms with van der Waals surface area (Å²) in [6, 6.07) is 7.57. The Labute approximate surface area is 115 Å². The number of nitrogen functional groups attached to an aromatic ring is 1. The maximum absolute atomic E-state index is 12.2. The van der Waals surface area contributed by atoms with Gasteiger partial charge in [0.25, 0.3) is 0 Å². The van der Waals surface area contributed by atoms with E-state index in [1.165, 1.54) is 19.3 Å². The normalized spacial score (nSPS) is 18.4. The zero-order valence-electron chi connectivity index (χ0n) is 11.9. The lowest BCUT2D eigenvalue weighted by Crippen LogP contribution is -2.42. The second-order valence-corrected chi connectivity index (χ2v) is 5.82. The van der Waals surface area contributed by atoms with E-state index in [-0.39, 0.29) is 11.8 Å². The molecule has 3 nitrogen and oxygen atoms in total. The first-order chi connectivity index (χ1) is 9.06. The first kappa shape index (κ1) is 13.9. The van der Waals surface area contributed by atoms with Gasteiger partial charge in [-0.25, -0.2) is 0 Å². The van der Waals surface area contributed by atoms with Crippen LogP contribution in [0.2, 0.25) is 0 Å². The van der Waals surface area contributed by atoms with Crippen molar-refractivity contribution in [3.8, 4) is 0 Å². The molecule has 1 aliphatic rings. The first-order valence-electron chi connectivity index (χ1n) is 7.19. The monoisotopic (exact) mass is 260 g/mol. The number of hydrogen-bond donors (Lipinski definition) is 2. The molecule has 0 saturated heterocycles. The fourth-order valence-corrected chi connectivity index (χ4v) is 2.74. The quantitative estimate of drug-likeness (QED) is 0.799. The Balaban J connectivity index is 1.92. The van der Waals surface area contributed by atoms with Gasteiger partial charge < -0.3 is 11.1 Å². The highest BCUT2D eigenvalue weighted by Crippen LogP contribution is 2.43. The highest BCUT2D eigenvalue weighted by molar-refractivity contribution is 5.83. The summed E-state index contributed by atoms with van der Waals surface area (Å²) in [7, 11) is 0. The molecule has 1 saturated carbocycles. The largest absolute Gasteiger partial charge is 0.399 e. The van der Waals surface area contributed by atoms with Crippen LogP contribution in [0.25, 0.3) is 0 Å². The summed E-state index contributed by atoms with van der Waals surface area (Å²) in [4.78, 5) is 12.2. The van der Waals surface area contributed by atoms with Crippen LogP contribution in [-0.4, -0.2) is 12.5 Å². The van der Waals surface area contributed by atoms with Gasteiger partial charge in [-0.1, -0.05) is 25.5 Å². The number of amides is 1. The average molecular weight is 260 g/mol. The molecule has 1 amide bonds. The molecule has 104 valence electrons. The van der Waals surface area contributed by atoms with E-state index in [1.807, 2.05) is 31.2 Å². The van der Waals surface area contributed by atoms with Gasteiger partial charge in [-0.15, -0.1) is 0 Å². The van der Waals surface area contributed by atoms with Crippen LogP contribution in [0.3, 0.4) is 0 Å². The molecule has 0 spiro atoms. The van der Waals surface area contributed by atoms with Gasteiger partial charge in [-0.3, -0.25) is 4.79 Å². The van der Waals surface area contributed by atoms with Crippen LogP contribution in [-0.2, 0) is 4.79 Å². The van der Waals surface area contributed by atoms with E-state index in [0.717, 1.165) is 18.5 Å². The number of anilines is 1. The van der Waals surface area contributed by atoms with E-state index >= 15 is 0 Å². The van der Waals surface area contributed by atoms with Crippen molar-refractivity contribution in [1.29, 1.82) is 0 Å². The zero-order valence-corrected chi connectivity index (χ0v) is 11.9. The van der Waals surface area contributed by atoms with Gasteiger partial charge >= 0.3 is 0 Å². The SMILES string of the molecule is CCC1(CNC(=O)C(C)c2cccc(N)c2)CCC1. The molecule has 1 aliphatic carbocycles. The number of nitrogens with two attached hydrogens (primary N) is 1. The van der Waals surface area contributed by atoms with E-state index < -0.39 is 0 Å². The lowest BCUT2D eigenvalue weighted by molar-refractivity contribution is -0.123. The van der Waals surface area contributed by atoms with Crippen LogP contribution in [0.4, 0.5) is 5.69 Å². The minimum Gasteiger partial charge on any atom is -0.399 e. The molecule has 0 bridgehead atoms. The van der Waals surface area contributed by atoms with Crippen LogP contribution in [0, 0.1) is 5.41 Å². The van der Waals surface area contributed by atoms with Gasteiger partial charge in [0.15, 0.2) is 0 Å². The lowest BCUT2D eigenvalue weighted by atomic mass is 9.67. The molecule has 0 radical (unpaired) electrons. The third kappa shape index (κ3) is 3.09. The summed E-state index contributed by atoms with van der Waals surface area (Å²) in [5.74, 6) is -0.0391. The predicted octanol–water partition coefficient (Wildman–Crippen LogP) is 3.07. The Morgan fingerprint density at radius 2 is 2.21 bits per heavy atom. The highest BCUT2D eigenvalue weighted by Gasteiger charge is 2.35. The third-order valence-corrected chi connectivity index (χ3v) is 4.61. The second kappa shape index (κ2) is 5.64. The topological polar surface area (TPSA) is 55.1 Å². The second-order valence-electron chi connectivity index (χ2n) is 5.82. The molecule has 3 N–H and O–H groups in total. The number of carbonyl (C=O) groups excluding carboxylic acids is 1. The number of benzene rings is 1. The molecule has 1 atom stereocenters. The van der Waals surface area contributed by atoms with Crippen molar-refractivity contribution in [3.05, 3.63) is 29.8 Å². The van der Waals surface area contributed by atoms with Crippen molar-refractivity contribution in [2.24, 2.45) is 5.41 Å². The Bertz CT molecular complexity index is 446. The number of carbonyl (C=O) groups is 1. The average Bonchev–Trinajstić information content (AvgIpc) is 2.37. The molecule has 0 heterocycles. The van der Waals surface area contributed by atoms with E-state index in [0.29, 0.717) is 11.1 Å². The van der Waals surface area contributed by atoms with Crippen LogP contribution in [0.5, 0.6) is 0 Å². The molecular formula is C16H24N2O. The van der Waals surface area contributed by atoms with E-state index in [4.69, 9.17) is 5.73 Å². The summed E-state index contributed by atoms with van der Waals surface area (Å²) in [6.45, 7) is 4.96. The minimum atomic E-state index is -0.141. The molecule has 0 aromatic heterocycles. The van der Waals surface area contributed by atoms with Crippen LogP contribution in [0.1, 0.15) is 51.0 Å². The van der Waals surface area contributed by atoms with Crippen molar-refractivity contribution in [3.63, 3.8) is 0 Å². The van der Waals surface area contributed by atoms with Gasteiger partial charge in [-0.05, 0) is 49.3 Å². The zero-order chi connectivity index (χ0) is 13.9. The first-order valence-corrected chi connectivity index (χ1v) is 7.19. The van der Waals surface area contributed by atoms with Gasteiger partial charge in [0.05, 0.1) is 5.92 Å². The number of nitrogens with one attached hydrogen (secondary N) is 1. The summed E-state index contributed by atoms with van der Waals surface area (Å²) < 4.78 is 0. The van der Waals surface area contributed by atoms with Crippen LogP contribution in [0.15, 0.2) is 24.3 Å². The fraction of sp³-hybridized carbons (Fsp3) is 0.562. The molecule has 2 rings (SSSR count). The van der Waals surface area contributed by atoms with Crippen molar-refractivity contribution in [1.82, 2.24) is 5.32 Å². The molecule has 3 heteroatoms. The van der Waals surface area contributed by atoms with Crippen LogP contribution < -0.4 is 11.1 Å². The highest BCUT2D eigenvalue weighted by atomic mass is 16.1. The maximum atomic E-state index is 12.2. The van der Waals surface area contributed by atoms with Crippen molar-refractivity contribution in [2.75, 3.05) is 12.3 Å². The molecule has 1 aromatic carbocycles. The summed E-state index contributed by atoms with van der Waals surface area (Å²) in [5.41, 5.74) is 7.82. The maximum Gasteiger partial charge on any atom is 0.227 e. The van der Waals surface area contributed by atoms with Crippen LogP contribution >= 0.6 is 0 Å².